The van der Waals surface area contributed by atoms with Crippen LogP contribution in [0.2, 0.25) is 0 Å². The van der Waals surface area contributed by atoms with Gasteiger partial charge in [-0.25, -0.2) is 0 Å². The van der Waals surface area contributed by atoms with Crippen molar-refractivity contribution in [2.45, 2.75) is 26.1 Å². The van der Waals surface area contributed by atoms with Crippen molar-refractivity contribution in [1.82, 2.24) is 10.6 Å². The van der Waals surface area contributed by atoms with Gasteiger partial charge >= 0.3 is 6.61 Å². The normalized spacial score (nSPS) is 12.7. The van der Waals surface area contributed by atoms with Crippen LogP contribution in [0.15, 0.2) is 59.6 Å². The monoisotopic (exact) mass is 377 g/mol. The van der Waals surface area contributed by atoms with Crippen LogP contribution in [0.4, 0.5) is 8.78 Å². The summed E-state index contributed by atoms with van der Waals surface area (Å²) in [6, 6.07) is 16.0. The van der Waals surface area contributed by atoms with Gasteiger partial charge < -0.3 is 20.5 Å². The Morgan fingerprint density at radius 3 is 2.41 bits per heavy atom. The Labute approximate surface area is 158 Å². The highest BCUT2D eigenvalue weighted by atomic mass is 19.3. The summed E-state index contributed by atoms with van der Waals surface area (Å²) in [7, 11) is 0. The number of ether oxygens (including phenoxy) is 1. The molecule has 0 saturated carbocycles. The molecule has 3 N–H and O–H groups in total. The Bertz CT molecular complexity index is 694. The number of nitrogens with one attached hydrogen (secondary N) is 2. The second-order valence-corrected chi connectivity index (χ2v) is 5.85. The molecule has 1 unspecified atom stereocenters. The second-order valence-electron chi connectivity index (χ2n) is 5.85. The molecule has 0 heterocycles. The van der Waals surface area contributed by atoms with Crippen LogP contribution in [0, 0.1) is 0 Å². The number of aliphatic hydroxyl groups is 1. The van der Waals surface area contributed by atoms with Crippen molar-refractivity contribution >= 4 is 5.96 Å². The van der Waals surface area contributed by atoms with Crippen LogP contribution in [-0.2, 0) is 6.42 Å². The van der Waals surface area contributed by atoms with Gasteiger partial charge in [0, 0.05) is 13.1 Å². The molecule has 7 heteroatoms. The van der Waals surface area contributed by atoms with E-state index in [1.54, 1.807) is 12.1 Å². The molecule has 2 rings (SSSR count). The molecule has 0 spiro atoms. The first-order valence-electron chi connectivity index (χ1n) is 8.87. The maximum absolute atomic E-state index is 12.2. The number of aliphatic imine (C=N–C) groups is 1. The molecule has 0 aliphatic rings. The van der Waals surface area contributed by atoms with Crippen LogP contribution >= 0.6 is 0 Å². The van der Waals surface area contributed by atoms with Crippen LogP contribution in [0.3, 0.4) is 0 Å². The SMILES string of the molecule is CCNC(=NCC(O)c1ccc(OC(F)F)cc1)NCCc1ccccc1. The van der Waals surface area contributed by atoms with Crippen LogP contribution in [-0.4, -0.2) is 37.3 Å². The fraction of sp³-hybridized carbons (Fsp3) is 0.350. The molecule has 146 valence electrons. The minimum absolute atomic E-state index is 0.0559. The fourth-order valence-corrected chi connectivity index (χ4v) is 2.47. The average Bonchev–Trinajstić information content (AvgIpc) is 2.67. The molecule has 5 nitrogen and oxygen atoms in total. The number of aliphatic hydroxyl groups excluding tert-OH is 1. The smallest absolute Gasteiger partial charge is 0.387 e. The van der Waals surface area contributed by atoms with Crippen LogP contribution in [0.25, 0.3) is 0 Å². The molecule has 2 aromatic rings. The number of alkyl halides is 2. The summed E-state index contributed by atoms with van der Waals surface area (Å²) in [5, 5.41) is 16.6. The van der Waals surface area contributed by atoms with Gasteiger partial charge in [-0.05, 0) is 36.6 Å². The third-order valence-electron chi connectivity index (χ3n) is 3.81. The number of nitrogens with zero attached hydrogens (tertiary/aromatic N) is 1. The second kappa shape index (κ2) is 11.1. The van der Waals surface area contributed by atoms with E-state index < -0.39 is 12.7 Å². The van der Waals surface area contributed by atoms with E-state index in [0.29, 0.717) is 24.6 Å². The Kier molecular flexibility index (Phi) is 8.51. The summed E-state index contributed by atoms with van der Waals surface area (Å²) >= 11 is 0. The molecule has 0 aromatic heterocycles. The Morgan fingerprint density at radius 1 is 1.07 bits per heavy atom. The predicted octanol–water partition coefficient (Wildman–Crippen LogP) is 3.12. The Balaban J connectivity index is 1.86. The van der Waals surface area contributed by atoms with Gasteiger partial charge in [-0.1, -0.05) is 42.5 Å². The molecule has 1 atom stereocenters. The van der Waals surface area contributed by atoms with Crippen LogP contribution < -0.4 is 15.4 Å². The largest absolute Gasteiger partial charge is 0.435 e. The van der Waals surface area contributed by atoms with Crippen LogP contribution in [0.1, 0.15) is 24.2 Å². The van der Waals surface area contributed by atoms with Gasteiger partial charge in [0.25, 0.3) is 0 Å². The summed E-state index contributed by atoms with van der Waals surface area (Å²) in [5.41, 5.74) is 1.81. The Morgan fingerprint density at radius 2 is 1.78 bits per heavy atom. The van der Waals surface area contributed by atoms with Gasteiger partial charge in [0.15, 0.2) is 5.96 Å². The van der Waals surface area contributed by atoms with Crippen molar-refractivity contribution in [3.8, 4) is 5.75 Å². The van der Waals surface area contributed by atoms with E-state index >= 15 is 0 Å². The lowest BCUT2D eigenvalue weighted by Gasteiger charge is -2.14. The molecule has 0 saturated heterocycles. The zero-order chi connectivity index (χ0) is 19.5. The van der Waals surface area contributed by atoms with E-state index in [1.807, 2.05) is 25.1 Å². The van der Waals surface area contributed by atoms with Gasteiger partial charge in [0.2, 0.25) is 0 Å². The molecular weight excluding hydrogens is 352 g/mol. The molecular formula is C20H25F2N3O2. The Hall–Kier alpha value is -2.67. The van der Waals surface area contributed by atoms with Gasteiger partial charge in [0.1, 0.15) is 5.75 Å². The lowest BCUT2D eigenvalue weighted by Crippen LogP contribution is -2.38. The summed E-state index contributed by atoms with van der Waals surface area (Å²) < 4.78 is 28.6. The summed E-state index contributed by atoms with van der Waals surface area (Å²) in [6.07, 6.45) is 0.0227. The maximum Gasteiger partial charge on any atom is 0.387 e. The predicted molar refractivity (Wildman–Crippen MR) is 102 cm³/mol. The molecule has 0 fully saturated rings. The molecule has 2 aromatic carbocycles. The minimum Gasteiger partial charge on any atom is -0.435 e. The summed E-state index contributed by atoms with van der Waals surface area (Å²) in [4.78, 5) is 4.38. The van der Waals surface area contributed by atoms with E-state index in [2.05, 4.69) is 32.5 Å². The summed E-state index contributed by atoms with van der Waals surface area (Å²) in [6.45, 7) is 0.663. The third-order valence-corrected chi connectivity index (χ3v) is 3.81. The number of halogens is 2. The van der Waals surface area contributed by atoms with Crippen molar-refractivity contribution in [3.05, 3.63) is 65.7 Å². The van der Waals surface area contributed by atoms with Gasteiger partial charge in [-0.15, -0.1) is 0 Å². The zero-order valence-electron chi connectivity index (χ0n) is 15.2. The van der Waals surface area contributed by atoms with E-state index in [9.17, 15) is 13.9 Å². The highest BCUT2D eigenvalue weighted by molar-refractivity contribution is 5.79. The van der Waals surface area contributed by atoms with Gasteiger partial charge in [0.05, 0.1) is 12.6 Å². The molecule has 0 radical (unpaired) electrons. The lowest BCUT2D eigenvalue weighted by atomic mass is 10.1. The number of hydrogen-bond acceptors (Lipinski definition) is 3. The quantitative estimate of drug-likeness (QED) is 0.464. The standard InChI is InChI=1S/C20H25F2N3O2/c1-2-23-20(24-13-12-15-6-4-3-5-7-15)25-14-18(26)16-8-10-17(11-9-16)27-19(21)22/h3-11,18-19,26H,2,12-14H2,1H3,(H2,23,24,25). The lowest BCUT2D eigenvalue weighted by molar-refractivity contribution is -0.0498. The number of benzene rings is 2. The third kappa shape index (κ3) is 7.62. The molecule has 0 amide bonds. The van der Waals surface area contributed by atoms with E-state index in [0.717, 1.165) is 6.42 Å². The van der Waals surface area contributed by atoms with Crippen molar-refractivity contribution < 1.29 is 18.6 Å². The van der Waals surface area contributed by atoms with Gasteiger partial charge in [-0.2, -0.15) is 8.78 Å². The minimum atomic E-state index is -2.87. The number of hydrogen-bond donors (Lipinski definition) is 3. The molecule has 0 bridgehead atoms. The zero-order valence-corrected chi connectivity index (χ0v) is 15.2. The van der Waals surface area contributed by atoms with Gasteiger partial charge in [-0.3, -0.25) is 4.99 Å². The topological polar surface area (TPSA) is 65.9 Å². The first kappa shape index (κ1) is 20.6. The van der Waals surface area contributed by atoms with Crippen LogP contribution in [0.5, 0.6) is 5.75 Å². The van der Waals surface area contributed by atoms with Crippen molar-refractivity contribution in [3.63, 3.8) is 0 Å². The molecule has 0 aliphatic heterocycles. The highest BCUT2D eigenvalue weighted by Gasteiger charge is 2.09. The van der Waals surface area contributed by atoms with E-state index in [1.165, 1.54) is 17.7 Å². The first-order valence-corrected chi connectivity index (χ1v) is 8.87. The summed E-state index contributed by atoms with van der Waals surface area (Å²) in [5.74, 6) is 0.672. The maximum atomic E-state index is 12.2. The fourth-order valence-electron chi connectivity index (χ4n) is 2.47. The first-order chi connectivity index (χ1) is 13.1. The number of rotatable bonds is 9. The molecule has 0 aliphatic carbocycles. The number of guanidine groups is 1. The van der Waals surface area contributed by atoms with Crippen molar-refractivity contribution in [1.29, 1.82) is 0 Å². The average molecular weight is 377 g/mol. The van der Waals surface area contributed by atoms with Crippen molar-refractivity contribution in [2.75, 3.05) is 19.6 Å². The van der Waals surface area contributed by atoms with E-state index in [-0.39, 0.29) is 12.3 Å². The van der Waals surface area contributed by atoms with E-state index in [4.69, 9.17) is 0 Å². The van der Waals surface area contributed by atoms with Crippen molar-refractivity contribution in [2.24, 2.45) is 4.99 Å². The molecule has 27 heavy (non-hydrogen) atoms. The highest BCUT2D eigenvalue weighted by Crippen LogP contribution is 2.19.